The monoisotopic (exact) mass is 197 g/mol. The molecule has 0 saturated carbocycles. The van der Waals surface area contributed by atoms with Crippen LogP contribution >= 0.6 is 0 Å². The second kappa shape index (κ2) is 4.22. The minimum atomic E-state index is -1.26. The molecule has 0 radical (unpaired) electrons. The number of aromatic carboxylic acids is 1. The lowest BCUT2D eigenvalue weighted by Crippen LogP contribution is -2.12. The third-order valence-electron chi connectivity index (χ3n) is 1.32. The second-order valence-corrected chi connectivity index (χ2v) is 2.34. The van der Waals surface area contributed by atoms with Crippen molar-refractivity contribution in [1.82, 2.24) is 4.98 Å². The van der Waals surface area contributed by atoms with Crippen LogP contribution in [-0.2, 0) is 4.79 Å². The number of aliphatic carboxylic acids is 1. The zero-order chi connectivity index (χ0) is 10.6. The molecule has 1 aromatic rings. The van der Waals surface area contributed by atoms with Crippen LogP contribution in [0.1, 0.15) is 10.5 Å². The van der Waals surface area contributed by atoms with E-state index in [1.165, 1.54) is 18.3 Å². The number of ether oxygens (including phenoxy) is 1. The Bertz CT molecular complexity index is 363. The van der Waals surface area contributed by atoms with E-state index in [1.54, 1.807) is 0 Å². The summed E-state index contributed by atoms with van der Waals surface area (Å²) in [5.41, 5.74) is -0.297. The van der Waals surface area contributed by atoms with Crippen molar-refractivity contribution in [3.8, 4) is 5.75 Å². The highest BCUT2D eigenvalue weighted by atomic mass is 16.5. The highest BCUT2D eigenvalue weighted by molar-refractivity contribution is 5.88. The summed E-state index contributed by atoms with van der Waals surface area (Å²) in [6.07, 6.45) is 1.29. The first-order valence-electron chi connectivity index (χ1n) is 3.64. The molecule has 1 heterocycles. The predicted octanol–water partition coefficient (Wildman–Crippen LogP) is 0.243. The lowest BCUT2D eigenvalue weighted by molar-refractivity contribution is -0.139. The van der Waals surface area contributed by atoms with Gasteiger partial charge in [0.05, 0.1) is 0 Å². The molecule has 14 heavy (non-hydrogen) atoms. The molecule has 0 spiro atoms. The highest BCUT2D eigenvalue weighted by Crippen LogP contribution is 2.14. The third-order valence-corrected chi connectivity index (χ3v) is 1.32. The quantitative estimate of drug-likeness (QED) is 0.717. The first-order valence-corrected chi connectivity index (χ1v) is 3.64. The summed E-state index contributed by atoms with van der Waals surface area (Å²) >= 11 is 0. The minimum Gasteiger partial charge on any atom is -0.479 e. The van der Waals surface area contributed by atoms with E-state index in [2.05, 4.69) is 4.98 Å². The van der Waals surface area contributed by atoms with Gasteiger partial charge in [0.2, 0.25) is 0 Å². The molecule has 0 atom stereocenters. The summed E-state index contributed by atoms with van der Waals surface area (Å²) in [6.45, 7) is -0.591. The molecular formula is C8H7NO5. The molecule has 0 aliphatic heterocycles. The van der Waals surface area contributed by atoms with Gasteiger partial charge < -0.3 is 14.9 Å². The standard InChI is InChI=1S/C8H7NO5/c10-6(11)4-14-5-2-1-3-9-7(5)8(12)13/h1-3H,4H2,(H,10,11)(H,12,13). The maximum absolute atomic E-state index is 10.6. The molecule has 0 saturated heterocycles. The topological polar surface area (TPSA) is 96.7 Å². The number of hydrogen-bond donors (Lipinski definition) is 2. The summed E-state index contributed by atoms with van der Waals surface area (Å²) in [7, 11) is 0. The molecule has 1 rings (SSSR count). The van der Waals surface area contributed by atoms with E-state index < -0.39 is 18.5 Å². The fourth-order valence-electron chi connectivity index (χ4n) is 0.807. The zero-order valence-corrected chi connectivity index (χ0v) is 7.01. The van der Waals surface area contributed by atoms with Crippen LogP contribution in [0.4, 0.5) is 0 Å². The van der Waals surface area contributed by atoms with E-state index in [4.69, 9.17) is 14.9 Å². The predicted molar refractivity (Wildman–Crippen MR) is 44.3 cm³/mol. The molecule has 6 heteroatoms. The van der Waals surface area contributed by atoms with E-state index in [9.17, 15) is 9.59 Å². The molecule has 1 aromatic heterocycles. The number of carbonyl (C=O) groups is 2. The van der Waals surface area contributed by atoms with Gasteiger partial charge in [-0.1, -0.05) is 0 Å². The summed E-state index contributed by atoms with van der Waals surface area (Å²) in [4.78, 5) is 24.3. The molecule has 0 aliphatic rings. The van der Waals surface area contributed by atoms with Gasteiger partial charge in [-0.2, -0.15) is 0 Å². The van der Waals surface area contributed by atoms with E-state index in [-0.39, 0.29) is 11.4 Å². The molecule has 0 amide bonds. The fourth-order valence-corrected chi connectivity index (χ4v) is 0.807. The Hall–Kier alpha value is -2.11. The zero-order valence-electron chi connectivity index (χ0n) is 7.01. The Balaban J connectivity index is 2.84. The van der Waals surface area contributed by atoms with Crippen LogP contribution < -0.4 is 4.74 Å². The smallest absolute Gasteiger partial charge is 0.358 e. The molecule has 0 aliphatic carbocycles. The van der Waals surface area contributed by atoms with Crippen molar-refractivity contribution in [2.24, 2.45) is 0 Å². The summed E-state index contributed by atoms with van der Waals surface area (Å²) < 4.78 is 4.72. The van der Waals surface area contributed by atoms with Crippen molar-refractivity contribution in [3.05, 3.63) is 24.0 Å². The molecular weight excluding hydrogens is 190 g/mol. The Labute approximate surface area is 78.8 Å². The van der Waals surface area contributed by atoms with Gasteiger partial charge in [-0.05, 0) is 12.1 Å². The number of carboxylic acids is 2. The van der Waals surface area contributed by atoms with Gasteiger partial charge in [-0.25, -0.2) is 14.6 Å². The Morgan fingerprint density at radius 2 is 2.14 bits per heavy atom. The fraction of sp³-hybridized carbons (Fsp3) is 0.125. The van der Waals surface area contributed by atoms with Crippen molar-refractivity contribution in [2.45, 2.75) is 0 Å². The number of pyridine rings is 1. The Morgan fingerprint density at radius 1 is 1.43 bits per heavy atom. The van der Waals surface area contributed by atoms with Gasteiger partial charge in [-0.3, -0.25) is 0 Å². The van der Waals surface area contributed by atoms with Gasteiger partial charge >= 0.3 is 11.9 Å². The largest absolute Gasteiger partial charge is 0.479 e. The van der Waals surface area contributed by atoms with Crippen LogP contribution in [0, 0.1) is 0 Å². The molecule has 6 nitrogen and oxygen atoms in total. The lowest BCUT2D eigenvalue weighted by Gasteiger charge is -2.04. The SMILES string of the molecule is O=C(O)COc1cccnc1C(=O)O. The van der Waals surface area contributed by atoms with Crippen LogP contribution in [0.5, 0.6) is 5.75 Å². The van der Waals surface area contributed by atoms with Crippen molar-refractivity contribution in [1.29, 1.82) is 0 Å². The van der Waals surface area contributed by atoms with Crippen molar-refractivity contribution in [3.63, 3.8) is 0 Å². The molecule has 0 unspecified atom stereocenters. The van der Waals surface area contributed by atoms with E-state index in [1.807, 2.05) is 0 Å². The second-order valence-electron chi connectivity index (χ2n) is 2.34. The van der Waals surface area contributed by atoms with Crippen LogP contribution in [0.3, 0.4) is 0 Å². The average Bonchev–Trinajstić information content (AvgIpc) is 2.15. The molecule has 0 bridgehead atoms. The number of rotatable bonds is 4. The summed E-state index contributed by atoms with van der Waals surface area (Å²) in [5.74, 6) is -2.49. The van der Waals surface area contributed by atoms with E-state index in [0.717, 1.165) is 0 Å². The van der Waals surface area contributed by atoms with Crippen molar-refractivity contribution < 1.29 is 24.5 Å². The van der Waals surface area contributed by atoms with Gasteiger partial charge in [0.25, 0.3) is 0 Å². The van der Waals surface area contributed by atoms with Gasteiger partial charge in [0.1, 0.15) is 0 Å². The summed E-state index contributed by atoms with van der Waals surface area (Å²) in [6, 6.07) is 2.81. The Morgan fingerprint density at radius 3 is 2.71 bits per heavy atom. The summed E-state index contributed by atoms with van der Waals surface area (Å²) in [5, 5.41) is 17.0. The average molecular weight is 197 g/mol. The molecule has 74 valence electrons. The highest BCUT2D eigenvalue weighted by Gasteiger charge is 2.12. The van der Waals surface area contributed by atoms with Crippen molar-refractivity contribution in [2.75, 3.05) is 6.61 Å². The van der Waals surface area contributed by atoms with Crippen LogP contribution in [0.25, 0.3) is 0 Å². The number of aromatic nitrogens is 1. The first kappa shape index (κ1) is 9.97. The number of nitrogens with zero attached hydrogens (tertiary/aromatic N) is 1. The van der Waals surface area contributed by atoms with E-state index in [0.29, 0.717) is 0 Å². The normalized spacial score (nSPS) is 9.43. The van der Waals surface area contributed by atoms with Crippen LogP contribution in [0.2, 0.25) is 0 Å². The van der Waals surface area contributed by atoms with E-state index >= 15 is 0 Å². The number of hydrogen-bond acceptors (Lipinski definition) is 4. The number of carboxylic acid groups (broad SMARTS) is 2. The molecule has 2 N–H and O–H groups in total. The van der Waals surface area contributed by atoms with Crippen molar-refractivity contribution >= 4 is 11.9 Å². The first-order chi connectivity index (χ1) is 6.61. The van der Waals surface area contributed by atoms with Gasteiger partial charge in [0, 0.05) is 6.20 Å². The van der Waals surface area contributed by atoms with Gasteiger partial charge in [-0.15, -0.1) is 0 Å². The van der Waals surface area contributed by atoms with Crippen LogP contribution in [0.15, 0.2) is 18.3 Å². The van der Waals surface area contributed by atoms with Gasteiger partial charge in [0.15, 0.2) is 18.1 Å². The maximum atomic E-state index is 10.6. The lowest BCUT2D eigenvalue weighted by atomic mass is 10.3. The minimum absolute atomic E-state index is 0.0533. The molecule has 0 fully saturated rings. The maximum Gasteiger partial charge on any atom is 0.358 e. The molecule has 0 aromatic carbocycles. The van der Waals surface area contributed by atoms with Crippen LogP contribution in [-0.4, -0.2) is 33.7 Å². The third kappa shape index (κ3) is 2.44. The Kier molecular flexibility index (Phi) is 3.01.